The summed E-state index contributed by atoms with van der Waals surface area (Å²) in [5.74, 6) is 0.629. The average molecular weight is 398 g/mol. The van der Waals surface area contributed by atoms with Crippen molar-refractivity contribution in [3.63, 3.8) is 0 Å². The number of halogens is 1. The van der Waals surface area contributed by atoms with Crippen molar-refractivity contribution in [1.29, 1.82) is 0 Å². The fraction of sp³-hybridized carbons (Fsp3) is 0.143. The van der Waals surface area contributed by atoms with Gasteiger partial charge in [-0.2, -0.15) is 0 Å². The highest BCUT2D eigenvalue weighted by Crippen LogP contribution is 2.27. The molecule has 3 aromatic rings. The summed E-state index contributed by atoms with van der Waals surface area (Å²) < 4.78 is 5.20. The van der Waals surface area contributed by atoms with Crippen molar-refractivity contribution in [3.8, 4) is 5.75 Å². The van der Waals surface area contributed by atoms with Crippen LogP contribution in [-0.4, -0.2) is 22.1 Å². The molecule has 0 aliphatic heterocycles. The topological polar surface area (TPSA) is 37.4 Å². The molecule has 0 amide bonds. The SMILES string of the molecule is COc1ccc(NC(=S)N(Cc2ccccc2)Cc2cccnc2)cc1Cl. The predicted octanol–water partition coefficient (Wildman–Crippen LogP) is 5.14. The molecular weight excluding hydrogens is 378 g/mol. The van der Waals surface area contributed by atoms with E-state index in [1.165, 1.54) is 5.56 Å². The summed E-state index contributed by atoms with van der Waals surface area (Å²) in [7, 11) is 1.59. The summed E-state index contributed by atoms with van der Waals surface area (Å²) in [4.78, 5) is 6.29. The summed E-state index contributed by atoms with van der Waals surface area (Å²) in [5, 5.41) is 4.42. The molecule has 0 saturated heterocycles. The lowest BCUT2D eigenvalue weighted by Crippen LogP contribution is -2.33. The summed E-state index contributed by atoms with van der Waals surface area (Å²) in [6.07, 6.45) is 3.62. The number of pyridine rings is 1. The van der Waals surface area contributed by atoms with Crippen LogP contribution >= 0.6 is 23.8 Å². The van der Waals surface area contributed by atoms with Crippen LogP contribution in [0, 0.1) is 0 Å². The van der Waals surface area contributed by atoms with Crippen LogP contribution < -0.4 is 10.1 Å². The van der Waals surface area contributed by atoms with Crippen LogP contribution in [0.5, 0.6) is 5.75 Å². The first-order chi connectivity index (χ1) is 13.2. The molecule has 1 N–H and O–H groups in total. The molecule has 138 valence electrons. The molecule has 2 aromatic carbocycles. The van der Waals surface area contributed by atoms with Crippen LogP contribution in [0.1, 0.15) is 11.1 Å². The highest BCUT2D eigenvalue weighted by atomic mass is 35.5. The van der Waals surface area contributed by atoms with Gasteiger partial charge in [0, 0.05) is 31.2 Å². The number of nitrogens with zero attached hydrogens (tertiary/aromatic N) is 2. The van der Waals surface area contributed by atoms with Gasteiger partial charge in [0.25, 0.3) is 0 Å². The van der Waals surface area contributed by atoms with Gasteiger partial charge >= 0.3 is 0 Å². The van der Waals surface area contributed by atoms with Crippen LogP contribution in [0.15, 0.2) is 73.1 Å². The van der Waals surface area contributed by atoms with Crippen molar-refractivity contribution < 1.29 is 4.74 Å². The monoisotopic (exact) mass is 397 g/mol. The number of hydrogen-bond donors (Lipinski definition) is 1. The standard InChI is InChI=1S/C21H20ClN3OS/c1-26-20-10-9-18(12-19(20)22)24-21(27)25(14-16-6-3-2-4-7-16)15-17-8-5-11-23-13-17/h2-13H,14-15H2,1H3,(H,24,27). The molecule has 0 atom stereocenters. The minimum Gasteiger partial charge on any atom is -0.495 e. The van der Waals surface area contributed by atoms with Gasteiger partial charge in [0.05, 0.1) is 12.1 Å². The van der Waals surface area contributed by atoms with Gasteiger partial charge in [0.2, 0.25) is 0 Å². The lowest BCUT2D eigenvalue weighted by atomic mass is 10.2. The van der Waals surface area contributed by atoms with E-state index in [0.717, 1.165) is 11.3 Å². The van der Waals surface area contributed by atoms with E-state index >= 15 is 0 Å². The molecular formula is C21H20ClN3OS. The maximum absolute atomic E-state index is 6.22. The predicted molar refractivity (Wildman–Crippen MR) is 114 cm³/mol. The summed E-state index contributed by atoms with van der Waals surface area (Å²) >= 11 is 11.9. The Labute approximate surface area is 169 Å². The molecule has 6 heteroatoms. The van der Waals surface area contributed by atoms with Crippen LogP contribution in [0.3, 0.4) is 0 Å². The Kier molecular flexibility index (Phi) is 6.63. The van der Waals surface area contributed by atoms with Gasteiger partial charge in [0.1, 0.15) is 5.75 Å². The van der Waals surface area contributed by atoms with E-state index in [2.05, 4.69) is 27.3 Å². The molecule has 0 aliphatic carbocycles. The Morgan fingerprint density at radius 2 is 1.81 bits per heavy atom. The molecule has 1 aromatic heterocycles. The lowest BCUT2D eigenvalue weighted by molar-refractivity contribution is 0.412. The average Bonchev–Trinajstić information content (AvgIpc) is 2.69. The van der Waals surface area contributed by atoms with E-state index in [9.17, 15) is 0 Å². The number of ether oxygens (including phenoxy) is 1. The van der Waals surface area contributed by atoms with Gasteiger partial charge in [-0.3, -0.25) is 4.98 Å². The molecule has 4 nitrogen and oxygen atoms in total. The first-order valence-electron chi connectivity index (χ1n) is 8.48. The highest BCUT2D eigenvalue weighted by Gasteiger charge is 2.13. The van der Waals surface area contributed by atoms with Gasteiger partial charge in [-0.1, -0.05) is 48.0 Å². The Hall–Kier alpha value is -2.63. The Morgan fingerprint density at radius 3 is 2.48 bits per heavy atom. The molecule has 0 bridgehead atoms. The lowest BCUT2D eigenvalue weighted by Gasteiger charge is -2.26. The minimum atomic E-state index is 0.534. The van der Waals surface area contributed by atoms with Crippen LogP contribution in [0.4, 0.5) is 5.69 Å². The summed E-state index contributed by atoms with van der Waals surface area (Å²) in [6, 6.07) is 19.7. The van der Waals surface area contributed by atoms with Gasteiger partial charge in [-0.15, -0.1) is 0 Å². The molecule has 0 saturated carbocycles. The molecule has 1 heterocycles. The zero-order chi connectivity index (χ0) is 19.1. The maximum Gasteiger partial charge on any atom is 0.174 e. The van der Waals surface area contributed by atoms with Crippen molar-refractivity contribution in [3.05, 3.63) is 89.2 Å². The maximum atomic E-state index is 6.22. The first kappa shape index (κ1) is 19.1. The quantitative estimate of drug-likeness (QED) is 0.582. The number of anilines is 1. The summed E-state index contributed by atoms with van der Waals surface area (Å²) in [6.45, 7) is 1.34. The smallest absolute Gasteiger partial charge is 0.174 e. The van der Waals surface area contributed by atoms with Crippen molar-refractivity contribution in [2.24, 2.45) is 0 Å². The first-order valence-corrected chi connectivity index (χ1v) is 9.26. The third-order valence-electron chi connectivity index (χ3n) is 4.00. The van der Waals surface area contributed by atoms with Crippen molar-refractivity contribution in [2.45, 2.75) is 13.1 Å². The van der Waals surface area contributed by atoms with E-state index in [4.69, 9.17) is 28.6 Å². The zero-order valence-corrected chi connectivity index (χ0v) is 16.5. The van der Waals surface area contributed by atoms with E-state index in [0.29, 0.717) is 29.0 Å². The van der Waals surface area contributed by atoms with Crippen LogP contribution in [0.25, 0.3) is 0 Å². The molecule has 0 radical (unpaired) electrons. The second kappa shape index (κ2) is 9.35. The van der Waals surface area contributed by atoms with E-state index in [1.54, 1.807) is 19.4 Å². The zero-order valence-electron chi connectivity index (χ0n) is 14.9. The molecule has 0 unspecified atom stereocenters. The van der Waals surface area contributed by atoms with Crippen molar-refractivity contribution >= 4 is 34.6 Å². The van der Waals surface area contributed by atoms with Gasteiger partial charge in [0.15, 0.2) is 5.11 Å². The second-order valence-corrected chi connectivity index (χ2v) is 6.78. The van der Waals surface area contributed by atoms with E-state index in [-0.39, 0.29) is 0 Å². The van der Waals surface area contributed by atoms with Crippen molar-refractivity contribution in [2.75, 3.05) is 12.4 Å². The molecule has 0 aliphatic rings. The van der Waals surface area contributed by atoms with Gasteiger partial charge in [-0.05, 0) is 47.6 Å². The van der Waals surface area contributed by atoms with Crippen LogP contribution in [-0.2, 0) is 13.1 Å². The number of hydrogen-bond acceptors (Lipinski definition) is 3. The van der Waals surface area contributed by atoms with Gasteiger partial charge < -0.3 is 15.0 Å². The van der Waals surface area contributed by atoms with Gasteiger partial charge in [-0.25, -0.2) is 0 Å². The Morgan fingerprint density at radius 1 is 1.07 bits per heavy atom. The number of benzene rings is 2. The normalized spacial score (nSPS) is 10.3. The summed E-state index contributed by atoms with van der Waals surface area (Å²) in [5.41, 5.74) is 3.08. The fourth-order valence-electron chi connectivity index (χ4n) is 2.66. The van der Waals surface area contributed by atoms with E-state index in [1.807, 2.05) is 48.7 Å². The molecule has 27 heavy (non-hydrogen) atoms. The Balaban J connectivity index is 1.78. The minimum absolute atomic E-state index is 0.534. The molecule has 0 spiro atoms. The molecule has 3 rings (SSSR count). The second-order valence-electron chi connectivity index (χ2n) is 5.98. The largest absolute Gasteiger partial charge is 0.495 e. The number of aromatic nitrogens is 1. The van der Waals surface area contributed by atoms with E-state index < -0.39 is 0 Å². The molecule has 0 fully saturated rings. The van der Waals surface area contributed by atoms with Crippen molar-refractivity contribution in [1.82, 2.24) is 9.88 Å². The number of methoxy groups -OCH3 is 1. The number of thiocarbonyl (C=S) groups is 1. The Bertz CT molecular complexity index is 849. The van der Waals surface area contributed by atoms with Crippen LogP contribution in [0.2, 0.25) is 5.02 Å². The third-order valence-corrected chi connectivity index (χ3v) is 4.66. The number of rotatable bonds is 6. The highest BCUT2D eigenvalue weighted by molar-refractivity contribution is 7.80. The number of nitrogens with one attached hydrogen (secondary N) is 1. The fourth-order valence-corrected chi connectivity index (χ4v) is 3.17. The third kappa shape index (κ3) is 5.42.